The van der Waals surface area contributed by atoms with Crippen molar-refractivity contribution in [3.8, 4) is 0 Å². The third-order valence-corrected chi connectivity index (χ3v) is 1.95. The van der Waals surface area contributed by atoms with E-state index in [9.17, 15) is 5.11 Å². The predicted molar refractivity (Wildman–Crippen MR) is 50.3 cm³/mol. The minimum Gasteiger partial charge on any atom is -0.386 e. The Kier molecular flexibility index (Phi) is 3.03. The summed E-state index contributed by atoms with van der Waals surface area (Å²) in [4.78, 5) is 0. The van der Waals surface area contributed by atoms with E-state index in [-0.39, 0.29) is 0 Å². The second-order valence-electron chi connectivity index (χ2n) is 3.55. The van der Waals surface area contributed by atoms with Crippen LogP contribution in [0, 0.1) is 0 Å². The van der Waals surface area contributed by atoms with Crippen LogP contribution < -0.4 is 5.48 Å². The zero-order chi connectivity index (χ0) is 9.90. The summed E-state index contributed by atoms with van der Waals surface area (Å²) in [5.41, 5.74) is 2.95. The molecule has 0 radical (unpaired) electrons. The van der Waals surface area contributed by atoms with Crippen LogP contribution in [-0.2, 0) is 12.1 Å². The Morgan fingerprint density at radius 1 is 1.31 bits per heavy atom. The highest BCUT2D eigenvalue weighted by Crippen LogP contribution is 2.23. The van der Waals surface area contributed by atoms with Gasteiger partial charge in [-0.05, 0) is 25.0 Å². The van der Waals surface area contributed by atoms with Crippen molar-refractivity contribution in [1.29, 1.82) is 0 Å². The van der Waals surface area contributed by atoms with Gasteiger partial charge in [0.2, 0.25) is 0 Å². The van der Waals surface area contributed by atoms with Gasteiger partial charge in [-0.15, -0.1) is 0 Å². The van der Waals surface area contributed by atoms with Gasteiger partial charge in [0, 0.05) is 6.54 Å². The van der Waals surface area contributed by atoms with Gasteiger partial charge in [0.15, 0.2) is 0 Å². The molecule has 1 aromatic carbocycles. The Morgan fingerprint density at radius 3 is 2.46 bits per heavy atom. The fourth-order valence-electron chi connectivity index (χ4n) is 1.36. The maximum absolute atomic E-state index is 9.79. The number of benzene rings is 1. The number of nitrogens with one attached hydrogen (secondary N) is 1. The van der Waals surface area contributed by atoms with Crippen molar-refractivity contribution in [3.05, 3.63) is 35.4 Å². The van der Waals surface area contributed by atoms with E-state index in [1.807, 2.05) is 24.3 Å². The average molecular weight is 181 g/mol. The zero-order valence-electron chi connectivity index (χ0n) is 7.91. The van der Waals surface area contributed by atoms with Crippen LogP contribution in [0.4, 0.5) is 0 Å². The SMILES string of the molecule is CC(C)(O)c1ccccc1CNO. The number of hydroxylamine groups is 1. The molecule has 0 amide bonds. The maximum atomic E-state index is 9.79. The first-order valence-corrected chi connectivity index (χ1v) is 4.23. The Bertz CT molecular complexity index is 278. The molecule has 0 aliphatic rings. The first kappa shape index (κ1) is 10.2. The molecule has 0 aromatic heterocycles. The van der Waals surface area contributed by atoms with Gasteiger partial charge in [-0.1, -0.05) is 24.3 Å². The zero-order valence-corrected chi connectivity index (χ0v) is 7.91. The molecule has 0 bridgehead atoms. The minimum absolute atomic E-state index is 0.347. The molecule has 0 aliphatic carbocycles. The van der Waals surface area contributed by atoms with Crippen molar-refractivity contribution >= 4 is 0 Å². The molecule has 0 atom stereocenters. The first-order valence-electron chi connectivity index (χ1n) is 4.23. The smallest absolute Gasteiger partial charge is 0.0843 e. The number of hydrogen-bond acceptors (Lipinski definition) is 3. The van der Waals surface area contributed by atoms with Gasteiger partial charge in [0.25, 0.3) is 0 Å². The van der Waals surface area contributed by atoms with Crippen LogP contribution in [0.25, 0.3) is 0 Å². The summed E-state index contributed by atoms with van der Waals surface area (Å²) in [7, 11) is 0. The summed E-state index contributed by atoms with van der Waals surface area (Å²) in [6.07, 6.45) is 0. The summed E-state index contributed by atoms with van der Waals surface area (Å²) in [5.74, 6) is 0. The fraction of sp³-hybridized carbons (Fsp3) is 0.400. The standard InChI is InChI=1S/C10H15NO2/c1-10(2,12)9-6-4-3-5-8(9)7-11-13/h3-6,11-13H,7H2,1-2H3. The van der Waals surface area contributed by atoms with Gasteiger partial charge >= 0.3 is 0 Å². The quantitative estimate of drug-likeness (QED) is 0.618. The molecule has 0 aliphatic heterocycles. The van der Waals surface area contributed by atoms with Gasteiger partial charge < -0.3 is 10.3 Å². The number of hydrogen-bond donors (Lipinski definition) is 3. The molecule has 1 aromatic rings. The lowest BCUT2D eigenvalue weighted by atomic mass is 9.93. The monoisotopic (exact) mass is 181 g/mol. The second kappa shape index (κ2) is 3.87. The molecule has 0 saturated carbocycles. The van der Waals surface area contributed by atoms with E-state index < -0.39 is 5.60 Å². The lowest BCUT2D eigenvalue weighted by Gasteiger charge is -2.21. The second-order valence-corrected chi connectivity index (χ2v) is 3.55. The molecule has 0 heterocycles. The molecule has 0 unspecified atom stereocenters. The largest absolute Gasteiger partial charge is 0.386 e. The van der Waals surface area contributed by atoms with Crippen molar-refractivity contribution in [1.82, 2.24) is 5.48 Å². The fourth-order valence-corrected chi connectivity index (χ4v) is 1.36. The van der Waals surface area contributed by atoms with Crippen LogP contribution in [-0.4, -0.2) is 10.3 Å². The molecular formula is C10H15NO2. The van der Waals surface area contributed by atoms with Crippen molar-refractivity contribution in [2.45, 2.75) is 26.0 Å². The van der Waals surface area contributed by atoms with E-state index in [1.165, 1.54) is 0 Å². The molecule has 3 N–H and O–H groups in total. The lowest BCUT2D eigenvalue weighted by molar-refractivity contribution is 0.0762. The van der Waals surface area contributed by atoms with Crippen molar-refractivity contribution in [3.63, 3.8) is 0 Å². The Balaban J connectivity index is 3.05. The van der Waals surface area contributed by atoms with Crippen LogP contribution in [0.3, 0.4) is 0 Å². The number of rotatable bonds is 3. The number of aliphatic hydroxyl groups is 1. The van der Waals surface area contributed by atoms with Gasteiger partial charge in [-0.2, -0.15) is 0 Å². The first-order chi connectivity index (χ1) is 6.05. The Hall–Kier alpha value is -0.900. The molecule has 3 heteroatoms. The molecule has 0 saturated heterocycles. The topological polar surface area (TPSA) is 52.5 Å². The van der Waals surface area contributed by atoms with Crippen molar-refractivity contribution in [2.24, 2.45) is 0 Å². The van der Waals surface area contributed by atoms with Gasteiger partial charge in [0.05, 0.1) is 5.60 Å². The summed E-state index contributed by atoms with van der Waals surface area (Å²) in [5, 5.41) is 18.4. The molecule has 13 heavy (non-hydrogen) atoms. The van der Waals surface area contributed by atoms with Crippen molar-refractivity contribution in [2.75, 3.05) is 0 Å². The molecule has 3 nitrogen and oxygen atoms in total. The van der Waals surface area contributed by atoms with Gasteiger partial charge in [0.1, 0.15) is 0 Å². The van der Waals surface area contributed by atoms with Gasteiger partial charge in [-0.25, -0.2) is 5.48 Å². The van der Waals surface area contributed by atoms with Gasteiger partial charge in [-0.3, -0.25) is 0 Å². The van der Waals surface area contributed by atoms with E-state index in [4.69, 9.17) is 5.21 Å². The average Bonchev–Trinajstić information content (AvgIpc) is 2.04. The van der Waals surface area contributed by atoms with E-state index in [0.717, 1.165) is 11.1 Å². The van der Waals surface area contributed by atoms with E-state index in [0.29, 0.717) is 6.54 Å². The van der Waals surface area contributed by atoms with Crippen LogP contribution in [0.15, 0.2) is 24.3 Å². The molecular weight excluding hydrogens is 166 g/mol. The third kappa shape index (κ3) is 2.52. The highest BCUT2D eigenvalue weighted by molar-refractivity contribution is 5.31. The Labute approximate surface area is 78.0 Å². The van der Waals surface area contributed by atoms with E-state index >= 15 is 0 Å². The molecule has 0 spiro atoms. The molecule has 1 rings (SSSR count). The predicted octanol–water partition coefficient (Wildman–Crippen LogP) is 1.39. The Morgan fingerprint density at radius 2 is 1.92 bits per heavy atom. The summed E-state index contributed by atoms with van der Waals surface area (Å²) in [6, 6.07) is 7.47. The van der Waals surface area contributed by atoms with Crippen LogP contribution in [0.2, 0.25) is 0 Å². The summed E-state index contributed by atoms with van der Waals surface area (Å²) in [6.45, 7) is 3.80. The van der Waals surface area contributed by atoms with E-state index in [2.05, 4.69) is 5.48 Å². The van der Waals surface area contributed by atoms with Crippen LogP contribution in [0.5, 0.6) is 0 Å². The summed E-state index contributed by atoms with van der Waals surface area (Å²) < 4.78 is 0. The lowest BCUT2D eigenvalue weighted by Crippen LogP contribution is -2.20. The highest BCUT2D eigenvalue weighted by Gasteiger charge is 2.18. The normalized spacial score (nSPS) is 11.7. The van der Waals surface area contributed by atoms with E-state index in [1.54, 1.807) is 13.8 Å². The maximum Gasteiger partial charge on any atom is 0.0843 e. The molecule has 0 fully saturated rings. The van der Waals surface area contributed by atoms with Crippen LogP contribution in [0.1, 0.15) is 25.0 Å². The van der Waals surface area contributed by atoms with Crippen molar-refractivity contribution < 1.29 is 10.3 Å². The molecule has 72 valence electrons. The third-order valence-electron chi connectivity index (χ3n) is 1.95. The highest BCUT2D eigenvalue weighted by atomic mass is 16.5. The van der Waals surface area contributed by atoms with Crippen LogP contribution >= 0.6 is 0 Å². The minimum atomic E-state index is -0.868. The summed E-state index contributed by atoms with van der Waals surface area (Å²) >= 11 is 0.